The zero-order valence-corrected chi connectivity index (χ0v) is 15.8. The fourth-order valence-corrected chi connectivity index (χ4v) is 3.99. The van der Waals surface area contributed by atoms with Crippen LogP contribution in [0, 0.1) is 15.9 Å². The predicted octanol–water partition coefficient (Wildman–Crippen LogP) is 3.37. The summed E-state index contributed by atoms with van der Waals surface area (Å²) < 4.78 is 43.0. The van der Waals surface area contributed by atoms with Crippen LogP contribution < -0.4 is 4.90 Å². The lowest BCUT2D eigenvalue weighted by Gasteiger charge is -2.35. The Bertz CT molecular complexity index is 999. The number of hydrogen-bond donors (Lipinski definition) is 0. The van der Waals surface area contributed by atoms with Crippen molar-refractivity contribution >= 4 is 32.8 Å². The quantitative estimate of drug-likeness (QED) is 0.562. The Hall–Kier alpha value is -2.23. The second-order valence-electron chi connectivity index (χ2n) is 6.16. The molecule has 1 saturated heterocycles. The molecule has 1 fully saturated rings. The van der Waals surface area contributed by atoms with E-state index >= 15 is 0 Å². The summed E-state index contributed by atoms with van der Waals surface area (Å²) in [6.07, 6.45) is 0.538. The third-order valence-corrected chi connectivity index (χ3v) is 5.70. The molecule has 1 heterocycles. The van der Waals surface area contributed by atoms with Crippen molar-refractivity contribution < 1.29 is 22.5 Å². The van der Waals surface area contributed by atoms with Crippen LogP contribution in [-0.4, -0.2) is 39.3 Å². The van der Waals surface area contributed by atoms with E-state index in [0.717, 1.165) is 6.26 Å². The molecule has 144 valence electrons. The number of rotatable bonds is 4. The van der Waals surface area contributed by atoms with E-state index < -0.39 is 32.4 Å². The number of ether oxygens (including phenoxy) is 1. The first-order valence-corrected chi connectivity index (χ1v) is 10.2. The van der Waals surface area contributed by atoms with Crippen molar-refractivity contribution in [3.8, 4) is 0 Å². The highest BCUT2D eigenvalue weighted by Crippen LogP contribution is 2.32. The summed E-state index contributed by atoms with van der Waals surface area (Å²) in [6.45, 7) is 1.19. The van der Waals surface area contributed by atoms with E-state index in [0.29, 0.717) is 30.9 Å². The molecule has 0 radical (unpaired) electrons. The molecule has 0 N–H and O–H groups in total. The molecule has 3 rings (SSSR count). The lowest BCUT2D eigenvalue weighted by atomic mass is 10.1. The third-order valence-electron chi connectivity index (χ3n) is 4.29. The van der Waals surface area contributed by atoms with E-state index in [-0.39, 0.29) is 9.92 Å². The molecule has 1 unspecified atom stereocenters. The average Bonchev–Trinajstić information content (AvgIpc) is 2.63. The molecule has 0 aromatic heterocycles. The maximum atomic E-state index is 13.4. The highest BCUT2D eigenvalue weighted by Gasteiger charge is 2.27. The molecular formula is C17H16ClFN2O5S. The summed E-state index contributed by atoms with van der Waals surface area (Å²) in [6, 6.07) is 8.31. The van der Waals surface area contributed by atoms with Crippen molar-refractivity contribution in [3.05, 3.63) is 62.9 Å². The summed E-state index contributed by atoms with van der Waals surface area (Å²) in [5.74, 6) is -0.527. The van der Waals surface area contributed by atoms with Gasteiger partial charge in [-0.3, -0.25) is 10.1 Å². The van der Waals surface area contributed by atoms with Crippen molar-refractivity contribution in [2.45, 2.75) is 11.0 Å². The number of halogens is 2. The minimum atomic E-state index is -3.77. The van der Waals surface area contributed by atoms with E-state index in [1.165, 1.54) is 30.3 Å². The van der Waals surface area contributed by atoms with Gasteiger partial charge in [0.2, 0.25) is 0 Å². The Kier molecular flexibility index (Phi) is 5.36. The van der Waals surface area contributed by atoms with Gasteiger partial charge in [0.05, 0.1) is 16.6 Å². The second kappa shape index (κ2) is 7.41. The molecule has 27 heavy (non-hydrogen) atoms. The van der Waals surface area contributed by atoms with Crippen LogP contribution in [0.15, 0.2) is 41.3 Å². The van der Waals surface area contributed by atoms with Crippen molar-refractivity contribution in [1.82, 2.24) is 0 Å². The fraction of sp³-hybridized carbons (Fsp3) is 0.294. The van der Waals surface area contributed by atoms with Crippen LogP contribution in [0.2, 0.25) is 5.02 Å². The smallest absolute Gasteiger partial charge is 0.288 e. The number of anilines is 1. The number of hydrogen-bond acceptors (Lipinski definition) is 6. The first-order valence-electron chi connectivity index (χ1n) is 7.97. The molecule has 0 bridgehead atoms. The summed E-state index contributed by atoms with van der Waals surface area (Å²) >= 11 is 5.83. The zero-order valence-electron chi connectivity index (χ0n) is 14.3. The van der Waals surface area contributed by atoms with Crippen LogP contribution in [0.5, 0.6) is 0 Å². The Morgan fingerprint density at radius 1 is 1.30 bits per heavy atom. The van der Waals surface area contributed by atoms with Crippen LogP contribution in [0.1, 0.15) is 11.7 Å². The average molecular weight is 415 g/mol. The maximum absolute atomic E-state index is 13.4. The predicted molar refractivity (Wildman–Crippen MR) is 98.5 cm³/mol. The topological polar surface area (TPSA) is 89.8 Å². The van der Waals surface area contributed by atoms with E-state index in [1.54, 1.807) is 6.07 Å². The fourth-order valence-electron chi connectivity index (χ4n) is 2.95. The largest absolute Gasteiger partial charge is 0.370 e. The first kappa shape index (κ1) is 19.5. The van der Waals surface area contributed by atoms with Gasteiger partial charge in [-0.1, -0.05) is 17.7 Å². The molecule has 2 aromatic rings. The van der Waals surface area contributed by atoms with Gasteiger partial charge in [0.25, 0.3) is 5.69 Å². The summed E-state index contributed by atoms with van der Waals surface area (Å²) in [5.41, 5.74) is 0.759. The van der Waals surface area contributed by atoms with Crippen molar-refractivity contribution in [2.24, 2.45) is 0 Å². The van der Waals surface area contributed by atoms with Gasteiger partial charge in [0, 0.05) is 31.1 Å². The molecule has 10 heteroatoms. The molecule has 0 amide bonds. The highest BCUT2D eigenvalue weighted by molar-refractivity contribution is 7.90. The van der Waals surface area contributed by atoms with E-state index in [9.17, 15) is 22.9 Å². The Morgan fingerprint density at radius 2 is 2.04 bits per heavy atom. The number of nitrogens with zero attached hydrogens (tertiary/aromatic N) is 2. The number of benzene rings is 2. The van der Waals surface area contributed by atoms with E-state index in [1.807, 2.05) is 4.90 Å². The molecule has 1 aliphatic heterocycles. The van der Waals surface area contributed by atoms with Crippen LogP contribution >= 0.6 is 11.6 Å². The number of morpholine rings is 1. The molecule has 1 atom stereocenters. The standard InChI is InChI=1S/C17H16ClFN2O5S/c1-27(24,25)17-9-12(3-5-15(17)21(22)23)20-6-7-26-16(10-20)11-2-4-14(19)13(18)8-11/h2-5,8-9,16H,6-7,10H2,1H3. The summed E-state index contributed by atoms with van der Waals surface area (Å²) in [7, 11) is -3.77. The zero-order chi connectivity index (χ0) is 19.8. The first-order chi connectivity index (χ1) is 12.7. The van der Waals surface area contributed by atoms with Gasteiger partial charge in [-0.05, 0) is 29.8 Å². The molecule has 1 aliphatic rings. The summed E-state index contributed by atoms with van der Waals surface area (Å²) in [5, 5.41) is 11.1. The van der Waals surface area contributed by atoms with E-state index in [4.69, 9.17) is 16.3 Å². The maximum Gasteiger partial charge on any atom is 0.288 e. The minimum Gasteiger partial charge on any atom is -0.370 e. The highest BCUT2D eigenvalue weighted by atomic mass is 35.5. The Balaban J connectivity index is 1.92. The normalized spacial score (nSPS) is 17.7. The van der Waals surface area contributed by atoms with Gasteiger partial charge in [0.1, 0.15) is 16.8 Å². The number of sulfone groups is 1. The lowest BCUT2D eigenvalue weighted by Crippen LogP contribution is -2.38. The minimum absolute atomic E-state index is 0.0112. The molecule has 0 aliphatic carbocycles. The number of nitro groups is 1. The van der Waals surface area contributed by atoms with E-state index in [2.05, 4.69) is 0 Å². The molecule has 0 spiro atoms. The van der Waals surface area contributed by atoms with Crippen molar-refractivity contribution in [2.75, 3.05) is 30.9 Å². The van der Waals surface area contributed by atoms with Crippen LogP contribution in [0.4, 0.5) is 15.8 Å². The SMILES string of the molecule is CS(=O)(=O)c1cc(N2CCOC(c3ccc(F)c(Cl)c3)C2)ccc1[N+](=O)[O-]. The Morgan fingerprint density at radius 3 is 2.67 bits per heavy atom. The third kappa shape index (κ3) is 4.20. The second-order valence-corrected chi connectivity index (χ2v) is 8.55. The van der Waals surface area contributed by atoms with Gasteiger partial charge in [-0.15, -0.1) is 0 Å². The van der Waals surface area contributed by atoms with Crippen LogP contribution in [0.3, 0.4) is 0 Å². The van der Waals surface area contributed by atoms with Gasteiger partial charge in [-0.2, -0.15) is 0 Å². The van der Waals surface area contributed by atoms with Crippen LogP contribution in [-0.2, 0) is 14.6 Å². The summed E-state index contributed by atoms with van der Waals surface area (Å²) in [4.78, 5) is 11.9. The van der Waals surface area contributed by atoms with Gasteiger partial charge in [-0.25, -0.2) is 12.8 Å². The Labute approximate surface area is 160 Å². The van der Waals surface area contributed by atoms with Crippen molar-refractivity contribution in [3.63, 3.8) is 0 Å². The van der Waals surface area contributed by atoms with Gasteiger partial charge < -0.3 is 9.64 Å². The lowest BCUT2D eigenvalue weighted by molar-refractivity contribution is -0.387. The molecule has 7 nitrogen and oxygen atoms in total. The number of nitro benzene ring substituents is 1. The van der Waals surface area contributed by atoms with Crippen LogP contribution in [0.25, 0.3) is 0 Å². The molecule has 2 aromatic carbocycles. The monoisotopic (exact) mass is 414 g/mol. The molecular weight excluding hydrogens is 399 g/mol. The van der Waals surface area contributed by atoms with Crippen molar-refractivity contribution in [1.29, 1.82) is 0 Å². The van der Waals surface area contributed by atoms with Gasteiger partial charge in [0.15, 0.2) is 9.84 Å². The molecule has 0 saturated carbocycles. The van der Waals surface area contributed by atoms with Gasteiger partial charge >= 0.3 is 0 Å².